The van der Waals surface area contributed by atoms with Gasteiger partial charge in [-0.25, -0.2) is 0 Å². The summed E-state index contributed by atoms with van der Waals surface area (Å²) in [5.41, 5.74) is 5.24. The summed E-state index contributed by atoms with van der Waals surface area (Å²) in [7, 11) is 0. The molecule has 0 unspecified atom stereocenters. The lowest BCUT2D eigenvalue weighted by Gasteiger charge is -2.06. The molecule has 5 heteroatoms. The minimum Gasteiger partial charge on any atom is -0.319 e. The van der Waals surface area contributed by atoms with Crippen molar-refractivity contribution < 1.29 is 0 Å². The maximum atomic E-state index is 5.15. The average Bonchev–Trinajstić information content (AvgIpc) is 2.81. The van der Waals surface area contributed by atoms with Crippen molar-refractivity contribution in [3.05, 3.63) is 64.4 Å². The zero-order valence-corrected chi connectivity index (χ0v) is 12.9. The highest BCUT2D eigenvalue weighted by Gasteiger charge is 2.13. The first kappa shape index (κ1) is 13.2. The molecule has 0 spiro atoms. The van der Waals surface area contributed by atoms with Crippen molar-refractivity contribution in [3.8, 4) is 0 Å². The van der Waals surface area contributed by atoms with Gasteiger partial charge in [-0.1, -0.05) is 42.0 Å². The van der Waals surface area contributed by atoms with Crippen LogP contribution in [0.25, 0.3) is 22.1 Å². The SMILES string of the molecule is Cc1ccc2c(c1)c1n[nH]c(=S)nc1n2Cc1ccccc1. The first-order chi connectivity index (χ1) is 10.7. The van der Waals surface area contributed by atoms with Crippen LogP contribution < -0.4 is 0 Å². The van der Waals surface area contributed by atoms with E-state index in [4.69, 9.17) is 12.2 Å². The monoisotopic (exact) mass is 306 g/mol. The van der Waals surface area contributed by atoms with Gasteiger partial charge in [-0.3, -0.25) is 5.10 Å². The lowest BCUT2D eigenvalue weighted by atomic mass is 10.1. The number of aryl methyl sites for hydroxylation is 1. The van der Waals surface area contributed by atoms with Gasteiger partial charge in [0.1, 0.15) is 5.52 Å². The van der Waals surface area contributed by atoms with Crippen molar-refractivity contribution in [2.75, 3.05) is 0 Å². The maximum Gasteiger partial charge on any atom is 0.215 e. The number of aromatic nitrogens is 4. The maximum absolute atomic E-state index is 5.15. The third-order valence-electron chi connectivity index (χ3n) is 3.82. The summed E-state index contributed by atoms with van der Waals surface area (Å²) in [6.07, 6.45) is 0. The molecule has 2 aromatic carbocycles. The van der Waals surface area contributed by atoms with E-state index in [0.717, 1.165) is 28.6 Å². The summed E-state index contributed by atoms with van der Waals surface area (Å²) < 4.78 is 2.58. The largest absolute Gasteiger partial charge is 0.319 e. The number of hydrogen-bond donors (Lipinski definition) is 1. The molecule has 108 valence electrons. The Morgan fingerprint density at radius 1 is 1.14 bits per heavy atom. The molecule has 0 fully saturated rings. The number of nitrogens with one attached hydrogen (secondary N) is 1. The minimum absolute atomic E-state index is 0.404. The first-order valence-corrected chi connectivity index (χ1v) is 7.52. The summed E-state index contributed by atoms with van der Waals surface area (Å²) >= 11 is 5.15. The normalized spacial score (nSPS) is 11.3. The van der Waals surface area contributed by atoms with E-state index in [2.05, 4.69) is 57.0 Å². The molecule has 2 aromatic heterocycles. The molecule has 0 aliphatic carbocycles. The molecule has 0 saturated heterocycles. The van der Waals surface area contributed by atoms with E-state index in [-0.39, 0.29) is 0 Å². The minimum atomic E-state index is 0.404. The van der Waals surface area contributed by atoms with E-state index >= 15 is 0 Å². The van der Waals surface area contributed by atoms with Gasteiger partial charge in [0.2, 0.25) is 4.77 Å². The number of benzene rings is 2. The van der Waals surface area contributed by atoms with Crippen LogP contribution >= 0.6 is 12.2 Å². The van der Waals surface area contributed by atoms with Crippen molar-refractivity contribution in [3.63, 3.8) is 0 Å². The zero-order chi connectivity index (χ0) is 15.1. The van der Waals surface area contributed by atoms with Crippen LogP contribution in [0.1, 0.15) is 11.1 Å². The van der Waals surface area contributed by atoms with E-state index in [1.807, 2.05) is 18.2 Å². The second-order valence-corrected chi connectivity index (χ2v) is 5.79. The Morgan fingerprint density at radius 2 is 1.95 bits per heavy atom. The van der Waals surface area contributed by atoms with Crippen molar-refractivity contribution in [1.29, 1.82) is 0 Å². The van der Waals surface area contributed by atoms with E-state index in [1.165, 1.54) is 11.1 Å². The third kappa shape index (κ3) is 2.10. The molecule has 1 N–H and O–H groups in total. The van der Waals surface area contributed by atoms with Crippen molar-refractivity contribution in [1.82, 2.24) is 19.7 Å². The predicted molar refractivity (Wildman–Crippen MR) is 90.5 cm³/mol. The Bertz CT molecular complexity index is 1030. The van der Waals surface area contributed by atoms with Crippen LogP contribution in [0.15, 0.2) is 48.5 Å². The summed E-state index contributed by atoms with van der Waals surface area (Å²) in [6, 6.07) is 16.7. The summed E-state index contributed by atoms with van der Waals surface area (Å²) in [4.78, 5) is 4.50. The van der Waals surface area contributed by atoms with Gasteiger partial charge in [0.05, 0.1) is 5.52 Å². The van der Waals surface area contributed by atoms with Gasteiger partial charge in [0, 0.05) is 11.9 Å². The van der Waals surface area contributed by atoms with E-state index in [9.17, 15) is 0 Å². The van der Waals surface area contributed by atoms with Crippen molar-refractivity contribution >= 4 is 34.3 Å². The van der Waals surface area contributed by atoms with Gasteiger partial charge in [-0.2, -0.15) is 10.1 Å². The molecule has 0 amide bonds. The van der Waals surface area contributed by atoms with E-state index < -0.39 is 0 Å². The lowest BCUT2D eigenvalue weighted by molar-refractivity contribution is 0.845. The zero-order valence-electron chi connectivity index (χ0n) is 12.1. The summed E-state index contributed by atoms with van der Waals surface area (Å²) in [5.74, 6) is 0. The van der Waals surface area contributed by atoms with Gasteiger partial charge < -0.3 is 4.57 Å². The molecular weight excluding hydrogens is 292 g/mol. The Morgan fingerprint density at radius 3 is 2.77 bits per heavy atom. The number of hydrogen-bond acceptors (Lipinski definition) is 3. The van der Waals surface area contributed by atoms with Gasteiger partial charge in [0.15, 0.2) is 5.65 Å². The smallest absolute Gasteiger partial charge is 0.215 e. The van der Waals surface area contributed by atoms with Crippen molar-refractivity contribution in [2.45, 2.75) is 13.5 Å². The van der Waals surface area contributed by atoms with Gasteiger partial charge >= 0.3 is 0 Å². The molecule has 0 atom stereocenters. The fourth-order valence-electron chi connectivity index (χ4n) is 2.81. The van der Waals surface area contributed by atoms with Crippen LogP contribution in [-0.4, -0.2) is 19.7 Å². The van der Waals surface area contributed by atoms with Gasteiger partial charge in [-0.15, -0.1) is 0 Å². The van der Waals surface area contributed by atoms with Gasteiger partial charge in [-0.05, 0) is 36.8 Å². The first-order valence-electron chi connectivity index (χ1n) is 7.11. The third-order valence-corrected chi connectivity index (χ3v) is 4.00. The number of nitrogens with zero attached hydrogens (tertiary/aromatic N) is 3. The highest BCUT2D eigenvalue weighted by Crippen LogP contribution is 2.27. The molecule has 4 aromatic rings. The molecule has 0 bridgehead atoms. The van der Waals surface area contributed by atoms with E-state index in [1.54, 1.807) is 0 Å². The molecule has 4 rings (SSSR count). The number of fused-ring (bicyclic) bond motifs is 3. The highest BCUT2D eigenvalue weighted by molar-refractivity contribution is 7.71. The molecule has 2 heterocycles. The summed E-state index contributed by atoms with van der Waals surface area (Å²) in [6.45, 7) is 2.83. The fourth-order valence-corrected chi connectivity index (χ4v) is 2.94. The van der Waals surface area contributed by atoms with E-state index in [0.29, 0.717) is 4.77 Å². The van der Waals surface area contributed by atoms with Gasteiger partial charge in [0.25, 0.3) is 0 Å². The Kier molecular flexibility index (Phi) is 3.01. The van der Waals surface area contributed by atoms with Crippen LogP contribution in [-0.2, 0) is 6.54 Å². The number of H-pyrrole nitrogens is 1. The van der Waals surface area contributed by atoms with Crippen LogP contribution in [0.4, 0.5) is 0 Å². The topological polar surface area (TPSA) is 46.5 Å². The second kappa shape index (κ2) is 5.03. The van der Waals surface area contributed by atoms with Crippen LogP contribution in [0.2, 0.25) is 0 Å². The van der Waals surface area contributed by atoms with Crippen LogP contribution in [0, 0.1) is 11.7 Å². The van der Waals surface area contributed by atoms with Crippen molar-refractivity contribution in [2.24, 2.45) is 0 Å². The number of aromatic amines is 1. The molecular formula is C17H14N4S. The molecule has 4 nitrogen and oxygen atoms in total. The Hall–Kier alpha value is -2.53. The summed E-state index contributed by atoms with van der Waals surface area (Å²) in [5, 5.41) is 8.30. The molecule has 0 radical (unpaired) electrons. The molecule has 0 aliphatic heterocycles. The van der Waals surface area contributed by atoms with Crippen LogP contribution in [0.3, 0.4) is 0 Å². The predicted octanol–water partition coefficient (Wildman–Crippen LogP) is 4.00. The Labute approximate surface area is 132 Å². The Balaban J connectivity index is 2.05. The molecule has 22 heavy (non-hydrogen) atoms. The number of rotatable bonds is 2. The fraction of sp³-hybridized carbons (Fsp3) is 0.118. The highest BCUT2D eigenvalue weighted by atomic mass is 32.1. The second-order valence-electron chi connectivity index (χ2n) is 5.41. The molecule has 0 saturated carbocycles. The lowest BCUT2D eigenvalue weighted by Crippen LogP contribution is -2.01. The quantitative estimate of drug-likeness (QED) is 0.569. The van der Waals surface area contributed by atoms with Crippen LogP contribution in [0.5, 0.6) is 0 Å². The standard InChI is InChI=1S/C17H14N4S/c1-11-7-8-14-13(9-11)15-16(18-17(22)20-19-15)21(14)10-12-5-3-2-4-6-12/h2-9H,10H2,1H3,(H,18,20,22). The average molecular weight is 306 g/mol. The molecule has 0 aliphatic rings.